The van der Waals surface area contributed by atoms with Crippen molar-refractivity contribution < 1.29 is 13.9 Å². The number of nitrogens with one attached hydrogen (secondary N) is 1. The van der Waals surface area contributed by atoms with E-state index in [-0.39, 0.29) is 17.9 Å². The second kappa shape index (κ2) is 5.70. The first-order chi connectivity index (χ1) is 7.56. The summed E-state index contributed by atoms with van der Waals surface area (Å²) in [6, 6.07) is 1.61. The molecule has 0 aromatic carbocycles. The topological polar surface area (TPSA) is 51.5 Å². The van der Waals surface area contributed by atoms with Crippen LogP contribution in [0.4, 0.5) is 0 Å². The number of carbonyl (C=O) groups is 1. The molecule has 0 spiro atoms. The van der Waals surface area contributed by atoms with Crippen LogP contribution >= 0.6 is 0 Å². The fourth-order valence-electron chi connectivity index (χ4n) is 1.51. The van der Waals surface area contributed by atoms with Gasteiger partial charge in [-0.3, -0.25) is 10.1 Å². The number of esters is 1. The Morgan fingerprint density at radius 1 is 1.56 bits per heavy atom. The lowest BCUT2D eigenvalue weighted by Crippen LogP contribution is -2.41. The lowest BCUT2D eigenvalue weighted by molar-refractivity contribution is -0.144. The molecule has 0 saturated carbocycles. The molecule has 1 aromatic rings. The zero-order valence-electron chi connectivity index (χ0n) is 10.2. The Bertz CT molecular complexity index is 344. The summed E-state index contributed by atoms with van der Waals surface area (Å²) in [4.78, 5) is 11.5. The number of hydrogen-bond donors (Lipinski definition) is 1. The fraction of sp³-hybridized carbons (Fsp3) is 0.583. The van der Waals surface area contributed by atoms with Gasteiger partial charge >= 0.3 is 5.97 Å². The Morgan fingerprint density at radius 3 is 2.69 bits per heavy atom. The molecular formula is C12H19NO3. The molecule has 1 rings (SSSR count). The molecule has 0 radical (unpaired) electrons. The second-order valence-electron chi connectivity index (χ2n) is 4.15. The van der Waals surface area contributed by atoms with Gasteiger partial charge in [0.2, 0.25) is 0 Å². The minimum absolute atomic E-state index is 0.183. The molecule has 1 N–H and O–H groups in total. The van der Waals surface area contributed by atoms with Crippen LogP contribution in [0.2, 0.25) is 0 Å². The molecule has 1 unspecified atom stereocenters. The molecule has 0 fully saturated rings. The highest BCUT2D eigenvalue weighted by atomic mass is 16.5. The van der Waals surface area contributed by atoms with Gasteiger partial charge < -0.3 is 9.15 Å². The molecule has 16 heavy (non-hydrogen) atoms. The van der Waals surface area contributed by atoms with Gasteiger partial charge in [-0.2, -0.15) is 0 Å². The first-order valence-electron chi connectivity index (χ1n) is 5.40. The van der Waals surface area contributed by atoms with E-state index in [0.717, 1.165) is 11.3 Å². The molecule has 0 saturated heterocycles. The predicted octanol–water partition coefficient (Wildman–Crippen LogP) is 1.88. The molecular weight excluding hydrogens is 206 g/mol. The SMILES string of the molecule is COC(=O)C(NCc1occc1C)C(C)C. The molecule has 1 heterocycles. The highest BCUT2D eigenvalue weighted by molar-refractivity contribution is 5.75. The highest BCUT2D eigenvalue weighted by Gasteiger charge is 2.22. The third-order valence-corrected chi connectivity index (χ3v) is 2.57. The Morgan fingerprint density at radius 2 is 2.25 bits per heavy atom. The Hall–Kier alpha value is -1.29. The van der Waals surface area contributed by atoms with E-state index < -0.39 is 0 Å². The molecule has 1 atom stereocenters. The van der Waals surface area contributed by atoms with Crippen molar-refractivity contribution in [3.05, 3.63) is 23.7 Å². The van der Waals surface area contributed by atoms with Crippen LogP contribution in [0, 0.1) is 12.8 Å². The van der Waals surface area contributed by atoms with Crippen LogP contribution in [-0.4, -0.2) is 19.1 Å². The molecule has 0 bridgehead atoms. The summed E-state index contributed by atoms with van der Waals surface area (Å²) < 4.78 is 10.0. The summed E-state index contributed by atoms with van der Waals surface area (Å²) in [5.74, 6) is 0.802. The lowest BCUT2D eigenvalue weighted by Gasteiger charge is -2.19. The summed E-state index contributed by atoms with van der Waals surface area (Å²) in [5.41, 5.74) is 1.08. The van der Waals surface area contributed by atoms with Crippen molar-refractivity contribution in [1.82, 2.24) is 5.32 Å². The number of ether oxygens (including phenoxy) is 1. The Labute approximate surface area is 96.0 Å². The van der Waals surface area contributed by atoms with Crippen LogP contribution in [0.15, 0.2) is 16.7 Å². The third-order valence-electron chi connectivity index (χ3n) is 2.57. The van der Waals surface area contributed by atoms with Crippen LogP contribution in [0.25, 0.3) is 0 Å². The fourth-order valence-corrected chi connectivity index (χ4v) is 1.51. The minimum Gasteiger partial charge on any atom is -0.468 e. The summed E-state index contributed by atoms with van der Waals surface area (Å²) in [7, 11) is 1.40. The van der Waals surface area contributed by atoms with Crippen molar-refractivity contribution in [2.75, 3.05) is 7.11 Å². The van der Waals surface area contributed by atoms with E-state index >= 15 is 0 Å². The van der Waals surface area contributed by atoms with E-state index in [1.165, 1.54) is 7.11 Å². The standard InChI is InChI=1S/C12H19NO3/c1-8(2)11(12(14)15-4)13-7-10-9(3)5-6-16-10/h5-6,8,11,13H,7H2,1-4H3. The third kappa shape index (κ3) is 3.10. The van der Waals surface area contributed by atoms with Crippen LogP contribution in [-0.2, 0) is 16.1 Å². The van der Waals surface area contributed by atoms with Gasteiger partial charge in [0, 0.05) is 0 Å². The van der Waals surface area contributed by atoms with Crippen molar-refractivity contribution in [1.29, 1.82) is 0 Å². The number of carbonyl (C=O) groups excluding carboxylic acids is 1. The van der Waals surface area contributed by atoms with Gasteiger partial charge in [0.15, 0.2) is 0 Å². The smallest absolute Gasteiger partial charge is 0.323 e. The average molecular weight is 225 g/mol. The van der Waals surface area contributed by atoms with Crippen molar-refractivity contribution in [3.63, 3.8) is 0 Å². The van der Waals surface area contributed by atoms with Gasteiger partial charge in [-0.05, 0) is 24.5 Å². The molecule has 0 aliphatic heterocycles. The normalized spacial score (nSPS) is 12.8. The van der Waals surface area contributed by atoms with E-state index in [0.29, 0.717) is 6.54 Å². The summed E-state index contributed by atoms with van der Waals surface area (Å²) >= 11 is 0. The molecule has 1 aromatic heterocycles. The zero-order chi connectivity index (χ0) is 12.1. The second-order valence-corrected chi connectivity index (χ2v) is 4.15. The van der Waals surface area contributed by atoms with Gasteiger partial charge in [0.1, 0.15) is 11.8 Å². The molecule has 4 nitrogen and oxygen atoms in total. The average Bonchev–Trinajstić information content (AvgIpc) is 2.64. The number of methoxy groups -OCH3 is 1. The summed E-state index contributed by atoms with van der Waals surface area (Å²) in [6.45, 7) is 6.47. The number of furan rings is 1. The monoisotopic (exact) mass is 225 g/mol. The van der Waals surface area contributed by atoms with E-state index in [2.05, 4.69) is 5.32 Å². The maximum atomic E-state index is 11.5. The van der Waals surface area contributed by atoms with Crippen molar-refractivity contribution >= 4 is 5.97 Å². The van der Waals surface area contributed by atoms with Crippen molar-refractivity contribution in [3.8, 4) is 0 Å². The first kappa shape index (κ1) is 12.8. The lowest BCUT2D eigenvalue weighted by atomic mass is 10.0. The molecule has 4 heteroatoms. The maximum absolute atomic E-state index is 11.5. The van der Waals surface area contributed by atoms with Crippen LogP contribution in [0.3, 0.4) is 0 Å². The maximum Gasteiger partial charge on any atom is 0.323 e. The summed E-state index contributed by atoms with van der Waals surface area (Å²) in [6.07, 6.45) is 1.65. The van der Waals surface area contributed by atoms with E-state index in [4.69, 9.17) is 9.15 Å². The quantitative estimate of drug-likeness (QED) is 0.777. The first-order valence-corrected chi connectivity index (χ1v) is 5.40. The van der Waals surface area contributed by atoms with Crippen LogP contribution in [0.5, 0.6) is 0 Å². The number of rotatable bonds is 5. The van der Waals surface area contributed by atoms with Gasteiger partial charge in [-0.1, -0.05) is 13.8 Å². The summed E-state index contributed by atoms with van der Waals surface area (Å²) in [5, 5.41) is 3.14. The van der Waals surface area contributed by atoms with Gasteiger partial charge in [0.25, 0.3) is 0 Å². The van der Waals surface area contributed by atoms with Gasteiger partial charge in [-0.25, -0.2) is 0 Å². The number of aryl methyl sites for hydroxylation is 1. The molecule has 90 valence electrons. The van der Waals surface area contributed by atoms with E-state index in [1.54, 1.807) is 6.26 Å². The van der Waals surface area contributed by atoms with E-state index in [1.807, 2.05) is 26.8 Å². The predicted molar refractivity (Wildman–Crippen MR) is 60.9 cm³/mol. The van der Waals surface area contributed by atoms with Gasteiger partial charge in [-0.15, -0.1) is 0 Å². The van der Waals surface area contributed by atoms with Crippen molar-refractivity contribution in [2.24, 2.45) is 5.92 Å². The molecule has 0 aliphatic carbocycles. The minimum atomic E-state index is -0.297. The van der Waals surface area contributed by atoms with Crippen LogP contribution in [0.1, 0.15) is 25.2 Å². The van der Waals surface area contributed by atoms with Crippen molar-refractivity contribution in [2.45, 2.75) is 33.4 Å². The van der Waals surface area contributed by atoms with Crippen LogP contribution < -0.4 is 5.32 Å². The van der Waals surface area contributed by atoms with E-state index in [9.17, 15) is 4.79 Å². The number of hydrogen-bond acceptors (Lipinski definition) is 4. The molecule has 0 amide bonds. The zero-order valence-corrected chi connectivity index (χ0v) is 10.2. The highest BCUT2D eigenvalue weighted by Crippen LogP contribution is 2.10. The Balaban J connectivity index is 2.57. The molecule has 0 aliphatic rings. The van der Waals surface area contributed by atoms with Gasteiger partial charge in [0.05, 0.1) is 19.9 Å². The largest absolute Gasteiger partial charge is 0.468 e. The Kier molecular flexibility index (Phi) is 4.55.